The van der Waals surface area contributed by atoms with E-state index in [2.05, 4.69) is 0 Å². The number of carbonyl (C=O) groups is 4. The number of unbranched alkanes of at least 4 members (excludes halogenated alkanes) is 2. The molecule has 2 aromatic rings. The maximum Gasteiger partial charge on any atom is 0.417 e. The Morgan fingerprint density at radius 1 is 0.778 bits per heavy atom. The molecule has 2 rings (SSSR count). The Bertz CT molecular complexity index is 967. The fraction of sp³-hybridized carbons (Fsp3) is 0.407. The van der Waals surface area contributed by atoms with E-state index in [1.54, 1.807) is 24.3 Å². The lowest BCUT2D eigenvalue weighted by atomic mass is 10.1. The van der Waals surface area contributed by atoms with E-state index in [0.29, 0.717) is 36.3 Å². The molecule has 2 aromatic carbocycles. The smallest absolute Gasteiger partial charge is 0.417 e. The molecule has 2 amide bonds. The average molecular weight is 499 g/mol. The number of nitrogens with zero attached hydrogens (tertiary/aromatic N) is 1. The van der Waals surface area contributed by atoms with Crippen molar-refractivity contribution in [3.63, 3.8) is 0 Å². The summed E-state index contributed by atoms with van der Waals surface area (Å²) in [6, 6.07) is 16.8. The number of aliphatic carboxylic acids is 1. The zero-order valence-corrected chi connectivity index (χ0v) is 20.3. The standard InChI is InChI=1S/C27H34N2O7/c28-18-10-9-15-23(26(32)33)29(27(34)36-20-22-13-5-2-6-14-22)24(30)16-7-8-17-25(31)35-19-21-11-3-1-4-12-21/h1-6,11-14,23H,7-10,15-20,28H2,(H,32,33)/t23-/m0/s1. The van der Waals surface area contributed by atoms with Gasteiger partial charge in [0.15, 0.2) is 0 Å². The maximum absolute atomic E-state index is 13.0. The lowest BCUT2D eigenvalue weighted by Crippen LogP contribution is -2.49. The summed E-state index contributed by atoms with van der Waals surface area (Å²) in [6.45, 7) is 0.452. The third-order valence-electron chi connectivity index (χ3n) is 5.46. The molecule has 0 aliphatic heterocycles. The first kappa shape index (κ1) is 28.5. The van der Waals surface area contributed by atoms with Crippen molar-refractivity contribution in [3.05, 3.63) is 71.8 Å². The van der Waals surface area contributed by atoms with Crippen molar-refractivity contribution >= 4 is 23.9 Å². The second-order valence-corrected chi connectivity index (χ2v) is 8.30. The predicted molar refractivity (Wildman–Crippen MR) is 133 cm³/mol. The van der Waals surface area contributed by atoms with Crippen molar-refractivity contribution in [1.82, 2.24) is 4.90 Å². The van der Waals surface area contributed by atoms with Crippen LogP contribution in [0.2, 0.25) is 0 Å². The highest BCUT2D eigenvalue weighted by molar-refractivity contribution is 5.96. The number of carboxylic acids is 1. The van der Waals surface area contributed by atoms with E-state index in [0.717, 1.165) is 5.56 Å². The highest BCUT2D eigenvalue weighted by atomic mass is 16.6. The second-order valence-electron chi connectivity index (χ2n) is 8.30. The Balaban J connectivity index is 1.92. The molecule has 3 N–H and O–H groups in total. The topological polar surface area (TPSA) is 136 Å². The van der Waals surface area contributed by atoms with Crippen LogP contribution in [-0.2, 0) is 37.1 Å². The van der Waals surface area contributed by atoms with Gasteiger partial charge in [0.25, 0.3) is 0 Å². The number of hydrogen-bond acceptors (Lipinski definition) is 7. The Labute approximate surface area is 211 Å². The summed E-state index contributed by atoms with van der Waals surface area (Å²) in [7, 11) is 0. The number of esters is 1. The molecule has 0 aromatic heterocycles. The maximum atomic E-state index is 13.0. The summed E-state index contributed by atoms with van der Waals surface area (Å²) >= 11 is 0. The summed E-state index contributed by atoms with van der Waals surface area (Å²) in [4.78, 5) is 50.4. The molecule has 0 saturated carbocycles. The third-order valence-corrected chi connectivity index (χ3v) is 5.46. The van der Waals surface area contributed by atoms with Crippen LogP contribution >= 0.6 is 0 Å². The van der Waals surface area contributed by atoms with Gasteiger partial charge in [0.1, 0.15) is 19.3 Å². The molecule has 0 aliphatic rings. The van der Waals surface area contributed by atoms with Crippen LogP contribution in [0.4, 0.5) is 4.79 Å². The number of benzene rings is 2. The summed E-state index contributed by atoms with van der Waals surface area (Å²) in [5.41, 5.74) is 7.09. The van der Waals surface area contributed by atoms with Crippen molar-refractivity contribution in [1.29, 1.82) is 0 Å². The fourth-order valence-corrected chi connectivity index (χ4v) is 3.51. The van der Waals surface area contributed by atoms with E-state index in [9.17, 15) is 24.3 Å². The molecule has 1 atom stereocenters. The van der Waals surface area contributed by atoms with E-state index in [1.807, 2.05) is 36.4 Å². The lowest BCUT2D eigenvalue weighted by Gasteiger charge is -2.26. The number of carboxylic acid groups (broad SMARTS) is 1. The van der Waals surface area contributed by atoms with Gasteiger partial charge in [0, 0.05) is 12.8 Å². The summed E-state index contributed by atoms with van der Waals surface area (Å²) in [6.07, 6.45) is 0.724. The van der Waals surface area contributed by atoms with Gasteiger partial charge in [-0.2, -0.15) is 0 Å². The van der Waals surface area contributed by atoms with E-state index >= 15 is 0 Å². The largest absolute Gasteiger partial charge is 0.480 e. The van der Waals surface area contributed by atoms with Crippen molar-refractivity contribution in [3.8, 4) is 0 Å². The lowest BCUT2D eigenvalue weighted by molar-refractivity contribution is -0.149. The Kier molecular flexibility index (Phi) is 12.7. The Morgan fingerprint density at radius 2 is 1.33 bits per heavy atom. The molecule has 0 fully saturated rings. The van der Waals surface area contributed by atoms with Gasteiger partial charge in [-0.05, 0) is 49.8 Å². The first-order chi connectivity index (χ1) is 17.4. The van der Waals surface area contributed by atoms with E-state index in [4.69, 9.17) is 15.2 Å². The fourth-order valence-electron chi connectivity index (χ4n) is 3.51. The number of rotatable bonds is 15. The molecule has 9 nitrogen and oxygen atoms in total. The average Bonchev–Trinajstić information content (AvgIpc) is 2.89. The highest BCUT2D eigenvalue weighted by Gasteiger charge is 2.35. The molecule has 0 radical (unpaired) electrons. The van der Waals surface area contributed by atoms with Crippen LogP contribution in [0.5, 0.6) is 0 Å². The van der Waals surface area contributed by atoms with Crippen LogP contribution in [-0.4, -0.2) is 46.5 Å². The molecule has 0 saturated heterocycles. The minimum Gasteiger partial charge on any atom is -0.480 e. The number of imide groups is 1. The van der Waals surface area contributed by atoms with Gasteiger partial charge < -0.3 is 20.3 Å². The number of nitrogens with two attached hydrogens (primary N) is 1. The Morgan fingerprint density at radius 3 is 1.89 bits per heavy atom. The first-order valence-corrected chi connectivity index (χ1v) is 12.1. The van der Waals surface area contributed by atoms with Gasteiger partial charge in [-0.3, -0.25) is 9.59 Å². The first-order valence-electron chi connectivity index (χ1n) is 12.1. The minimum atomic E-state index is -1.36. The van der Waals surface area contributed by atoms with Gasteiger partial charge in [-0.1, -0.05) is 60.7 Å². The van der Waals surface area contributed by atoms with Crippen LogP contribution in [0.15, 0.2) is 60.7 Å². The number of amides is 2. The van der Waals surface area contributed by atoms with E-state index in [1.165, 1.54) is 0 Å². The van der Waals surface area contributed by atoms with Gasteiger partial charge in [-0.25, -0.2) is 14.5 Å². The van der Waals surface area contributed by atoms with Crippen LogP contribution < -0.4 is 5.73 Å². The molecular formula is C27H34N2O7. The van der Waals surface area contributed by atoms with Gasteiger partial charge in [-0.15, -0.1) is 0 Å². The highest BCUT2D eigenvalue weighted by Crippen LogP contribution is 2.16. The normalized spacial score (nSPS) is 11.4. The van der Waals surface area contributed by atoms with Crippen LogP contribution in [0.1, 0.15) is 56.1 Å². The quantitative estimate of drug-likeness (QED) is 0.277. The van der Waals surface area contributed by atoms with Crippen molar-refractivity contribution in [2.45, 2.75) is 64.2 Å². The van der Waals surface area contributed by atoms with Crippen molar-refractivity contribution < 1.29 is 33.8 Å². The molecule has 0 spiro atoms. The minimum absolute atomic E-state index is 0.0739. The zero-order chi connectivity index (χ0) is 26.2. The zero-order valence-electron chi connectivity index (χ0n) is 20.3. The number of ether oxygens (including phenoxy) is 2. The third kappa shape index (κ3) is 10.3. The van der Waals surface area contributed by atoms with Crippen LogP contribution in [0.25, 0.3) is 0 Å². The molecule has 36 heavy (non-hydrogen) atoms. The number of hydrogen-bond donors (Lipinski definition) is 2. The summed E-state index contributed by atoms with van der Waals surface area (Å²) in [5, 5.41) is 9.73. The molecular weight excluding hydrogens is 464 g/mol. The summed E-state index contributed by atoms with van der Waals surface area (Å²) < 4.78 is 10.5. The monoisotopic (exact) mass is 498 g/mol. The molecule has 0 bridgehead atoms. The van der Waals surface area contributed by atoms with E-state index in [-0.39, 0.29) is 38.9 Å². The predicted octanol–water partition coefficient (Wildman–Crippen LogP) is 4.04. The van der Waals surface area contributed by atoms with Crippen molar-refractivity contribution in [2.24, 2.45) is 5.73 Å². The number of carbonyl (C=O) groups excluding carboxylic acids is 3. The molecule has 9 heteroatoms. The van der Waals surface area contributed by atoms with Gasteiger partial charge in [0.05, 0.1) is 0 Å². The van der Waals surface area contributed by atoms with Gasteiger partial charge in [0.2, 0.25) is 5.91 Å². The molecule has 194 valence electrons. The Hall–Kier alpha value is -3.72. The molecule has 0 unspecified atom stereocenters. The summed E-state index contributed by atoms with van der Waals surface area (Å²) in [5.74, 6) is -2.34. The second kappa shape index (κ2) is 16.0. The SMILES string of the molecule is NCCCC[C@@H](C(=O)O)N(C(=O)CCCCC(=O)OCc1ccccc1)C(=O)OCc1ccccc1. The van der Waals surface area contributed by atoms with Crippen molar-refractivity contribution in [2.75, 3.05) is 6.54 Å². The van der Waals surface area contributed by atoms with Crippen LogP contribution in [0, 0.1) is 0 Å². The van der Waals surface area contributed by atoms with Gasteiger partial charge >= 0.3 is 18.0 Å². The molecule has 0 aliphatic carbocycles. The van der Waals surface area contributed by atoms with E-state index < -0.39 is 30.0 Å². The van der Waals surface area contributed by atoms with Crippen LogP contribution in [0.3, 0.4) is 0 Å². The molecule has 0 heterocycles.